The molecule has 1 aromatic carbocycles. The molecule has 0 amide bonds. The predicted molar refractivity (Wildman–Crippen MR) is 52.3 cm³/mol. The second-order valence-electron chi connectivity index (χ2n) is 2.63. The molecule has 0 fully saturated rings. The molecular weight excluding hydrogens is 172 g/mol. The Morgan fingerprint density at radius 3 is 2.83 bits per heavy atom. The Labute approximate surface area is 77.7 Å². The van der Waals surface area contributed by atoms with Gasteiger partial charge in [0.05, 0.1) is 0 Å². The molecule has 0 aliphatic heterocycles. The largest absolute Gasteiger partial charge is 0.329 e. The Bertz CT molecular complexity index is 246. The van der Waals surface area contributed by atoms with E-state index in [0.717, 1.165) is 10.6 Å². The van der Waals surface area contributed by atoms with Gasteiger partial charge in [0.25, 0.3) is 0 Å². The van der Waals surface area contributed by atoms with Gasteiger partial charge < -0.3 is 11.1 Å². The van der Waals surface area contributed by atoms with E-state index in [1.807, 2.05) is 31.3 Å². The lowest BCUT2D eigenvalue weighted by atomic mass is 10.1. The van der Waals surface area contributed by atoms with Crippen molar-refractivity contribution in [3.63, 3.8) is 0 Å². The molecule has 3 N–H and O–H groups in total. The third-order valence-corrected chi connectivity index (χ3v) is 2.07. The highest BCUT2D eigenvalue weighted by Crippen LogP contribution is 2.16. The second kappa shape index (κ2) is 4.45. The van der Waals surface area contributed by atoms with Crippen molar-refractivity contribution in [1.29, 1.82) is 0 Å². The van der Waals surface area contributed by atoms with Crippen LogP contribution < -0.4 is 11.1 Å². The lowest BCUT2D eigenvalue weighted by molar-refractivity contribution is 0.606. The van der Waals surface area contributed by atoms with Gasteiger partial charge in [-0.05, 0) is 24.7 Å². The predicted octanol–water partition coefficient (Wildman–Crippen LogP) is 1.56. The van der Waals surface area contributed by atoms with Gasteiger partial charge in [-0.25, -0.2) is 0 Å². The molecule has 1 atom stereocenters. The van der Waals surface area contributed by atoms with Crippen LogP contribution in [0.5, 0.6) is 0 Å². The van der Waals surface area contributed by atoms with Crippen molar-refractivity contribution >= 4 is 11.6 Å². The van der Waals surface area contributed by atoms with Gasteiger partial charge in [-0.1, -0.05) is 23.7 Å². The first-order valence-corrected chi connectivity index (χ1v) is 4.28. The first-order chi connectivity index (χ1) is 5.77. The normalized spacial score (nSPS) is 12.9. The summed E-state index contributed by atoms with van der Waals surface area (Å²) in [6.07, 6.45) is 0. The van der Waals surface area contributed by atoms with Crippen LogP contribution in [0.2, 0.25) is 5.02 Å². The van der Waals surface area contributed by atoms with Crippen molar-refractivity contribution in [2.45, 2.75) is 6.04 Å². The maximum absolute atomic E-state index is 5.83. The number of rotatable bonds is 3. The summed E-state index contributed by atoms with van der Waals surface area (Å²) in [5.74, 6) is 0. The molecule has 0 saturated heterocycles. The number of halogens is 1. The van der Waals surface area contributed by atoms with E-state index in [9.17, 15) is 0 Å². The van der Waals surface area contributed by atoms with E-state index in [0.29, 0.717) is 6.54 Å². The van der Waals surface area contributed by atoms with Crippen LogP contribution in [0.4, 0.5) is 0 Å². The summed E-state index contributed by atoms with van der Waals surface area (Å²) in [6, 6.07) is 7.92. The monoisotopic (exact) mass is 184 g/mol. The molecule has 0 aromatic heterocycles. The van der Waals surface area contributed by atoms with E-state index >= 15 is 0 Å². The van der Waals surface area contributed by atoms with E-state index in [-0.39, 0.29) is 6.04 Å². The Kier molecular flexibility index (Phi) is 3.53. The van der Waals surface area contributed by atoms with Crippen molar-refractivity contribution in [3.05, 3.63) is 34.9 Å². The zero-order valence-corrected chi connectivity index (χ0v) is 7.81. The molecule has 1 rings (SSSR count). The number of nitrogens with two attached hydrogens (primary N) is 1. The Balaban J connectivity index is 2.85. The van der Waals surface area contributed by atoms with Crippen molar-refractivity contribution in [3.8, 4) is 0 Å². The molecule has 0 spiro atoms. The Morgan fingerprint density at radius 2 is 2.33 bits per heavy atom. The molecule has 0 unspecified atom stereocenters. The zero-order chi connectivity index (χ0) is 8.97. The van der Waals surface area contributed by atoms with Crippen LogP contribution in [0.15, 0.2) is 24.3 Å². The van der Waals surface area contributed by atoms with E-state index in [1.165, 1.54) is 0 Å². The lowest BCUT2D eigenvalue weighted by Gasteiger charge is -2.13. The van der Waals surface area contributed by atoms with Crippen molar-refractivity contribution in [2.24, 2.45) is 5.73 Å². The number of benzene rings is 1. The summed E-state index contributed by atoms with van der Waals surface area (Å²) < 4.78 is 0. The molecule has 3 heteroatoms. The molecule has 1 aromatic rings. The summed E-state index contributed by atoms with van der Waals surface area (Å²) in [5.41, 5.74) is 6.69. The van der Waals surface area contributed by atoms with Gasteiger partial charge >= 0.3 is 0 Å². The van der Waals surface area contributed by atoms with Crippen LogP contribution in [-0.4, -0.2) is 13.6 Å². The number of likely N-dealkylation sites (N-methyl/N-ethyl adjacent to an activating group) is 1. The summed E-state index contributed by atoms with van der Waals surface area (Å²) in [4.78, 5) is 0. The minimum atomic E-state index is 0.198. The fraction of sp³-hybridized carbons (Fsp3) is 0.333. The third kappa shape index (κ3) is 2.21. The quantitative estimate of drug-likeness (QED) is 0.749. The second-order valence-corrected chi connectivity index (χ2v) is 3.07. The van der Waals surface area contributed by atoms with Crippen LogP contribution in [-0.2, 0) is 0 Å². The average molecular weight is 185 g/mol. The fourth-order valence-corrected chi connectivity index (χ4v) is 1.34. The first-order valence-electron chi connectivity index (χ1n) is 3.90. The zero-order valence-electron chi connectivity index (χ0n) is 7.05. The van der Waals surface area contributed by atoms with Gasteiger partial charge in [-0.2, -0.15) is 0 Å². The first kappa shape index (κ1) is 9.52. The van der Waals surface area contributed by atoms with E-state index in [2.05, 4.69) is 5.32 Å². The van der Waals surface area contributed by atoms with Gasteiger partial charge in [-0.3, -0.25) is 0 Å². The van der Waals surface area contributed by atoms with Crippen LogP contribution in [0.1, 0.15) is 11.6 Å². The molecule has 2 nitrogen and oxygen atoms in total. The van der Waals surface area contributed by atoms with Crippen molar-refractivity contribution < 1.29 is 0 Å². The van der Waals surface area contributed by atoms with Gasteiger partial charge in [0, 0.05) is 17.6 Å². The third-order valence-electron chi connectivity index (χ3n) is 1.84. The van der Waals surface area contributed by atoms with Crippen molar-refractivity contribution in [1.82, 2.24) is 5.32 Å². The van der Waals surface area contributed by atoms with Gasteiger partial charge in [-0.15, -0.1) is 0 Å². The van der Waals surface area contributed by atoms with Crippen LogP contribution in [0.25, 0.3) is 0 Å². The lowest BCUT2D eigenvalue weighted by Crippen LogP contribution is -2.24. The highest BCUT2D eigenvalue weighted by molar-refractivity contribution is 6.30. The van der Waals surface area contributed by atoms with Crippen LogP contribution >= 0.6 is 11.6 Å². The summed E-state index contributed by atoms with van der Waals surface area (Å²) in [6.45, 7) is 0.580. The minimum absolute atomic E-state index is 0.198. The number of hydrogen-bond donors (Lipinski definition) is 2. The summed E-state index contributed by atoms with van der Waals surface area (Å²) >= 11 is 5.83. The molecule has 0 saturated carbocycles. The van der Waals surface area contributed by atoms with Crippen LogP contribution in [0.3, 0.4) is 0 Å². The SMILES string of the molecule is CN[C@H](CN)c1cccc(Cl)c1. The average Bonchev–Trinajstić information content (AvgIpc) is 2.07. The number of hydrogen-bond acceptors (Lipinski definition) is 2. The maximum Gasteiger partial charge on any atom is 0.0442 e. The van der Waals surface area contributed by atoms with Gasteiger partial charge in [0.2, 0.25) is 0 Å². The molecule has 0 bridgehead atoms. The van der Waals surface area contributed by atoms with Crippen LogP contribution in [0, 0.1) is 0 Å². The summed E-state index contributed by atoms with van der Waals surface area (Å²) in [7, 11) is 1.89. The standard InChI is InChI=1S/C9H13ClN2/c1-12-9(6-11)7-3-2-4-8(10)5-7/h2-5,9,12H,6,11H2,1H3/t9-/m1/s1. The highest BCUT2D eigenvalue weighted by Gasteiger charge is 2.05. The van der Waals surface area contributed by atoms with E-state index in [4.69, 9.17) is 17.3 Å². The molecular formula is C9H13ClN2. The maximum atomic E-state index is 5.83. The van der Waals surface area contributed by atoms with Gasteiger partial charge in [0.1, 0.15) is 0 Å². The molecule has 12 heavy (non-hydrogen) atoms. The smallest absolute Gasteiger partial charge is 0.0442 e. The molecule has 0 aliphatic rings. The highest BCUT2D eigenvalue weighted by atomic mass is 35.5. The van der Waals surface area contributed by atoms with Crippen molar-refractivity contribution in [2.75, 3.05) is 13.6 Å². The molecule has 0 radical (unpaired) electrons. The minimum Gasteiger partial charge on any atom is -0.329 e. The molecule has 0 aliphatic carbocycles. The Morgan fingerprint density at radius 1 is 1.58 bits per heavy atom. The topological polar surface area (TPSA) is 38.0 Å². The molecule has 66 valence electrons. The van der Waals surface area contributed by atoms with E-state index in [1.54, 1.807) is 0 Å². The number of nitrogens with one attached hydrogen (secondary N) is 1. The van der Waals surface area contributed by atoms with E-state index < -0.39 is 0 Å². The Hall–Kier alpha value is -0.570. The fourth-order valence-electron chi connectivity index (χ4n) is 1.14. The summed E-state index contributed by atoms with van der Waals surface area (Å²) in [5, 5.41) is 3.86. The molecule has 0 heterocycles. The van der Waals surface area contributed by atoms with Gasteiger partial charge in [0.15, 0.2) is 0 Å².